The second kappa shape index (κ2) is 11.1. The number of thioether (sulfide) groups is 1. The van der Waals surface area contributed by atoms with Gasteiger partial charge in [0, 0.05) is 18.9 Å². The maximum Gasteiger partial charge on any atom is 0.0431 e. The number of aliphatic hydroxyl groups excluding tert-OH is 1. The van der Waals surface area contributed by atoms with Gasteiger partial charge in [-0.2, -0.15) is 11.8 Å². The van der Waals surface area contributed by atoms with Gasteiger partial charge in [0.15, 0.2) is 0 Å². The zero-order valence-corrected chi connectivity index (χ0v) is 10.3. The van der Waals surface area contributed by atoms with E-state index in [4.69, 9.17) is 5.11 Å². The van der Waals surface area contributed by atoms with Crippen LogP contribution in [-0.4, -0.2) is 35.5 Å². The average molecular weight is 217 g/mol. The van der Waals surface area contributed by atoms with Gasteiger partial charge in [0.05, 0.1) is 0 Å². The van der Waals surface area contributed by atoms with Crippen molar-refractivity contribution in [3.05, 3.63) is 0 Å². The molecule has 0 radical (unpaired) electrons. The van der Waals surface area contributed by atoms with Crippen molar-refractivity contribution in [1.29, 1.82) is 0 Å². The SMILES string of the molecule is CC(C)=NCCCCSCCCCO. The number of rotatable bonds is 9. The topological polar surface area (TPSA) is 32.6 Å². The molecule has 0 rings (SSSR count). The summed E-state index contributed by atoms with van der Waals surface area (Å²) in [5, 5.41) is 8.57. The second-order valence-corrected chi connectivity index (χ2v) is 4.80. The summed E-state index contributed by atoms with van der Waals surface area (Å²) in [5.74, 6) is 2.43. The Morgan fingerprint density at radius 1 is 1.07 bits per heavy atom. The Bertz CT molecular complexity index is 144. The van der Waals surface area contributed by atoms with Gasteiger partial charge in [-0.15, -0.1) is 0 Å². The molecule has 0 aliphatic carbocycles. The molecule has 0 saturated heterocycles. The lowest BCUT2D eigenvalue weighted by Gasteiger charge is -2.00. The van der Waals surface area contributed by atoms with Crippen LogP contribution in [0.1, 0.15) is 39.5 Å². The zero-order chi connectivity index (χ0) is 10.6. The van der Waals surface area contributed by atoms with Crippen molar-refractivity contribution in [3.63, 3.8) is 0 Å². The molecule has 84 valence electrons. The summed E-state index contributed by atoms with van der Waals surface area (Å²) in [7, 11) is 0. The Kier molecular flexibility index (Phi) is 11.0. The van der Waals surface area contributed by atoms with E-state index < -0.39 is 0 Å². The molecule has 0 spiro atoms. The average Bonchev–Trinajstić information content (AvgIpc) is 2.15. The zero-order valence-electron chi connectivity index (χ0n) is 9.46. The van der Waals surface area contributed by atoms with E-state index in [1.54, 1.807) is 0 Å². The molecule has 0 aliphatic rings. The molecule has 0 atom stereocenters. The number of nitrogens with zero attached hydrogens (tertiary/aromatic N) is 1. The van der Waals surface area contributed by atoms with Crippen molar-refractivity contribution >= 4 is 17.5 Å². The first kappa shape index (κ1) is 14.0. The summed E-state index contributed by atoms with van der Waals surface area (Å²) < 4.78 is 0. The predicted molar refractivity (Wildman–Crippen MR) is 66.5 cm³/mol. The lowest BCUT2D eigenvalue weighted by atomic mass is 10.3. The van der Waals surface area contributed by atoms with Gasteiger partial charge >= 0.3 is 0 Å². The third-order valence-corrected chi connectivity index (χ3v) is 2.98. The number of aliphatic imine (C=N–C) groups is 1. The molecule has 14 heavy (non-hydrogen) atoms. The van der Waals surface area contributed by atoms with E-state index in [1.165, 1.54) is 30.1 Å². The maximum absolute atomic E-state index is 8.57. The van der Waals surface area contributed by atoms with E-state index in [-0.39, 0.29) is 0 Å². The lowest BCUT2D eigenvalue weighted by molar-refractivity contribution is 0.287. The van der Waals surface area contributed by atoms with Gasteiger partial charge in [-0.25, -0.2) is 0 Å². The van der Waals surface area contributed by atoms with E-state index in [0.29, 0.717) is 6.61 Å². The molecule has 0 aromatic rings. The molecule has 0 unspecified atom stereocenters. The van der Waals surface area contributed by atoms with Gasteiger partial charge in [-0.1, -0.05) is 0 Å². The summed E-state index contributed by atoms with van der Waals surface area (Å²) in [6.45, 7) is 5.41. The highest BCUT2D eigenvalue weighted by atomic mass is 32.2. The van der Waals surface area contributed by atoms with Crippen LogP contribution >= 0.6 is 11.8 Å². The van der Waals surface area contributed by atoms with Crippen LogP contribution in [0.4, 0.5) is 0 Å². The molecule has 1 N–H and O–H groups in total. The Labute approximate surface area is 92.2 Å². The molecular weight excluding hydrogens is 194 g/mol. The van der Waals surface area contributed by atoms with Crippen LogP contribution in [0.15, 0.2) is 4.99 Å². The fraction of sp³-hybridized carbons (Fsp3) is 0.909. The standard InChI is InChI=1S/C11H23NOS/c1-11(2)12-7-3-5-9-14-10-6-4-8-13/h13H,3-10H2,1-2H3. The summed E-state index contributed by atoms with van der Waals surface area (Å²) in [6.07, 6.45) is 4.57. The van der Waals surface area contributed by atoms with Crippen LogP contribution < -0.4 is 0 Å². The number of hydrogen-bond acceptors (Lipinski definition) is 3. The predicted octanol–water partition coefficient (Wildman–Crippen LogP) is 2.75. The van der Waals surface area contributed by atoms with Gasteiger partial charge in [-0.3, -0.25) is 4.99 Å². The maximum atomic E-state index is 8.57. The lowest BCUT2D eigenvalue weighted by Crippen LogP contribution is -1.90. The fourth-order valence-corrected chi connectivity index (χ4v) is 2.06. The van der Waals surface area contributed by atoms with Crippen LogP contribution in [0.25, 0.3) is 0 Å². The minimum atomic E-state index is 0.338. The largest absolute Gasteiger partial charge is 0.396 e. The Balaban J connectivity index is 2.96. The highest BCUT2D eigenvalue weighted by molar-refractivity contribution is 7.99. The Hall–Kier alpha value is -0.0200. The third kappa shape index (κ3) is 12.0. The van der Waals surface area contributed by atoms with Crippen molar-refractivity contribution < 1.29 is 5.11 Å². The second-order valence-electron chi connectivity index (χ2n) is 3.58. The van der Waals surface area contributed by atoms with E-state index >= 15 is 0 Å². The van der Waals surface area contributed by atoms with Gasteiger partial charge in [0.25, 0.3) is 0 Å². The molecule has 0 bridgehead atoms. The quantitative estimate of drug-likeness (QED) is 0.476. The molecule has 0 saturated carbocycles. The molecule has 0 heterocycles. The van der Waals surface area contributed by atoms with E-state index in [1.807, 2.05) is 25.6 Å². The van der Waals surface area contributed by atoms with E-state index in [2.05, 4.69) is 4.99 Å². The van der Waals surface area contributed by atoms with Gasteiger partial charge in [-0.05, 0) is 51.0 Å². The van der Waals surface area contributed by atoms with Crippen molar-refractivity contribution in [3.8, 4) is 0 Å². The van der Waals surface area contributed by atoms with Crippen molar-refractivity contribution in [1.82, 2.24) is 0 Å². The van der Waals surface area contributed by atoms with Crippen LogP contribution in [-0.2, 0) is 0 Å². The molecule has 0 aliphatic heterocycles. The van der Waals surface area contributed by atoms with Crippen LogP contribution in [0, 0.1) is 0 Å². The first-order chi connectivity index (χ1) is 6.77. The monoisotopic (exact) mass is 217 g/mol. The molecule has 0 aromatic heterocycles. The highest BCUT2D eigenvalue weighted by Gasteiger charge is 1.90. The molecule has 2 nitrogen and oxygen atoms in total. The van der Waals surface area contributed by atoms with Crippen molar-refractivity contribution in [2.75, 3.05) is 24.7 Å². The van der Waals surface area contributed by atoms with Gasteiger partial charge in [0.1, 0.15) is 0 Å². The van der Waals surface area contributed by atoms with Crippen LogP contribution in [0.2, 0.25) is 0 Å². The Morgan fingerprint density at radius 2 is 1.71 bits per heavy atom. The van der Waals surface area contributed by atoms with Crippen molar-refractivity contribution in [2.24, 2.45) is 4.99 Å². The van der Waals surface area contributed by atoms with Gasteiger partial charge in [0.2, 0.25) is 0 Å². The highest BCUT2D eigenvalue weighted by Crippen LogP contribution is 2.07. The molecule has 3 heteroatoms. The summed E-state index contributed by atoms with van der Waals surface area (Å²) in [5.41, 5.74) is 1.18. The minimum absolute atomic E-state index is 0.338. The third-order valence-electron chi connectivity index (χ3n) is 1.82. The van der Waals surface area contributed by atoms with E-state index in [0.717, 1.165) is 19.4 Å². The molecule has 0 fully saturated rings. The number of hydrogen-bond donors (Lipinski definition) is 1. The van der Waals surface area contributed by atoms with Gasteiger partial charge < -0.3 is 5.11 Å². The Morgan fingerprint density at radius 3 is 2.29 bits per heavy atom. The van der Waals surface area contributed by atoms with Crippen LogP contribution in [0.5, 0.6) is 0 Å². The number of aliphatic hydroxyl groups is 1. The molecule has 0 aromatic carbocycles. The molecular formula is C11H23NOS. The summed E-state index contributed by atoms with van der Waals surface area (Å²) in [6, 6.07) is 0. The molecule has 0 amide bonds. The first-order valence-electron chi connectivity index (χ1n) is 5.43. The first-order valence-corrected chi connectivity index (χ1v) is 6.59. The normalized spacial score (nSPS) is 10.2. The smallest absolute Gasteiger partial charge is 0.0431 e. The van der Waals surface area contributed by atoms with Crippen LogP contribution in [0.3, 0.4) is 0 Å². The van der Waals surface area contributed by atoms with Crippen molar-refractivity contribution in [2.45, 2.75) is 39.5 Å². The fourth-order valence-electron chi connectivity index (χ4n) is 1.04. The minimum Gasteiger partial charge on any atom is -0.396 e. The summed E-state index contributed by atoms with van der Waals surface area (Å²) in [4.78, 5) is 4.35. The number of unbranched alkanes of at least 4 members (excludes halogenated alkanes) is 2. The summed E-state index contributed by atoms with van der Waals surface area (Å²) >= 11 is 1.99. The van der Waals surface area contributed by atoms with E-state index in [9.17, 15) is 0 Å².